The highest BCUT2D eigenvalue weighted by molar-refractivity contribution is 5.86. The van der Waals surface area contributed by atoms with Gasteiger partial charge in [0.15, 0.2) is 0 Å². The van der Waals surface area contributed by atoms with Gasteiger partial charge in [-0.05, 0) is 65.8 Å². The highest BCUT2D eigenvalue weighted by atomic mass is 16.5. The summed E-state index contributed by atoms with van der Waals surface area (Å²) in [6.45, 7) is 6.42. The predicted molar refractivity (Wildman–Crippen MR) is 111 cm³/mol. The molecule has 27 heavy (non-hydrogen) atoms. The maximum atomic E-state index is 12.4. The van der Waals surface area contributed by atoms with E-state index < -0.39 is 6.09 Å². The maximum absolute atomic E-state index is 12.4. The molecule has 1 aliphatic carbocycles. The molecule has 0 fully saturated rings. The number of aryl methyl sites for hydroxylation is 3. The molecule has 1 N–H and O–H groups in total. The summed E-state index contributed by atoms with van der Waals surface area (Å²) < 4.78 is 5.62. The number of ether oxygens (including phenoxy) is 1. The Morgan fingerprint density at radius 2 is 1.44 bits per heavy atom. The van der Waals surface area contributed by atoms with Gasteiger partial charge in [-0.1, -0.05) is 54.6 Å². The number of hydrogen-bond donors (Lipinski definition) is 1. The summed E-state index contributed by atoms with van der Waals surface area (Å²) in [6.07, 6.45) is -0.414. The molecule has 138 valence electrons. The van der Waals surface area contributed by atoms with E-state index in [-0.39, 0.29) is 7.34 Å². The van der Waals surface area contributed by atoms with Gasteiger partial charge in [-0.25, -0.2) is 4.79 Å². The zero-order chi connectivity index (χ0) is 19.0. The van der Waals surface area contributed by atoms with Crippen LogP contribution in [0.25, 0.3) is 11.1 Å². The second-order valence-electron chi connectivity index (χ2n) is 7.20. The largest absolute Gasteiger partial charge is 0.448 e. The molecule has 0 bridgehead atoms. The van der Waals surface area contributed by atoms with Crippen LogP contribution in [0.2, 0.25) is 0 Å². The standard InChI is InChI=1S/C24H23NO2.H2/c1-15-12-17(3)23(13-16(15)2)25-24(26)27-14-22-20-10-6-4-8-18(20)19-9-5-7-11-21(19)22;/h4-13,22H,14H2,1-3H3,(H,25,26);1H. The van der Waals surface area contributed by atoms with Crippen LogP contribution in [0.4, 0.5) is 10.5 Å². The molecule has 0 heterocycles. The fourth-order valence-corrected chi connectivity index (χ4v) is 3.84. The molecule has 1 amide bonds. The lowest BCUT2D eigenvalue weighted by Gasteiger charge is -2.16. The molecule has 3 nitrogen and oxygen atoms in total. The van der Waals surface area contributed by atoms with Crippen molar-refractivity contribution in [3.63, 3.8) is 0 Å². The van der Waals surface area contributed by atoms with E-state index in [1.54, 1.807) is 0 Å². The number of rotatable bonds is 3. The minimum absolute atomic E-state index is 0. The Kier molecular flexibility index (Phi) is 4.44. The van der Waals surface area contributed by atoms with E-state index in [9.17, 15) is 4.79 Å². The van der Waals surface area contributed by atoms with Crippen molar-refractivity contribution in [2.24, 2.45) is 0 Å². The summed E-state index contributed by atoms with van der Waals surface area (Å²) in [7, 11) is 0. The van der Waals surface area contributed by atoms with Crippen LogP contribution >= 0.6 is 0 Å². The molecule has 3 aromatic carbocycles. The maximum Gasteiger partial charge on any atom is 0.411 e. The van der Waals surface area contributed by atoms with Gasteiger partial charge in [-0.2, -0.15) is 0 Å². The first kappa shape index (κ1) is 17.3. The highest BCUT2D eigenvalue weighted by Gasteiger charge is 2.29. The van der Waals surface area contributed by atoms with Crippen LogP contribution in [0.5, 0.6) is 0 Å². The Morgan fingerprint density at radius 3 is 2.07 bits per heavy atom. The first-order valence-corrected chi connectivity index (χ1v) is 9.24. The second-order valence-corrected chi connectivity index (χ2v) is 7.20. The summed E-state index contributed by atoms with van der Waals surface area (Å²) in [4.78, 5) is 12.4. The van der Waals surface area contributed by atoms with E-state index in [0.29, 0.717) is 6.61 Å². The number of benzene rings is 3. The number of amides is 1. The average Bonchev–Trinajstić information content (AvgIpc) is 2.98. The van der Waals surface area contributed by atoms with E-state index in [1.165, 1.54) is 27.8 Å². The number of fused-ring (bicyclic) bond motifs is 3. The number of nitrogens with one attached hydrogen (secondary N) is 1. The van der Waals surface area contributed by atoms with Gasteiger partial charge >= 0.3 is 6.09 Å². The third-order valence-electron chi connectivity index (χ3n) is 5.42. The van der Waals surface area contributed by atoms with Crippen LogP contribution < -0.4 is 5.32 Å². The van der Waals surface area contributed by atoms with Crippen LogP contribution in [0.3, 0.4) is 0 Å². The lowest BCUT2D eigenvalue weighted by atomic mass is 9.98. The molecule has 0 radical (unpaired) electrons. The van der Waals surface area contributed by atoms with Crippen LogP contribution in [-0.2, 0) is 4.74 Å². The third kappa shape index (κ3) is 3.21. The lowest BCUT2D eigenvalue weighted by Crippen LogP contribution is -2.18. The van der Waals surface area contributed by atoms with E-state index in [0.717, 1.165) is 16.8 Å². The van der Waals surface area contributed by atoms with Gasteiger partial charge in [0.2, 0.25) is 0 Å². The van der Waals surface area contributed by atoms with E-state index in [2.05, 4.69) is 42.6 Å². The van der Waals surface area contributed by atoms with Crippen molar-refractivity contribution in [3.8, 4) is 11.1 Å². The van der Waals surface area contributed by atoms with Crippen molar-refractivity contribution in [1.82, 2.24) is 0 Å². The molecule has 3 aromatic rings. The molecule has 0 aromatic heterocycles. The molecule has 0 saturated carbocycles. The summed E-state index contributed by atoms with van der Waals surface area (Å²) in [5, 5.41) is 2.89. The lowest BCUT2D eigenvalue weighted by molar-refractivity contribution is 0.158. The molecule has 0 spiro atoms. The average molecular weight is 359 g/mol. The molecule has 0 unspecified atom stereocenters. The van der Waals surface area contributed by atoms with E-state index in [1.807, 2.05) is 44.2 Å². The predicted octanol–water partition coefficient (Wildman–Crippen LogP) is 6.22. The van der Waals surface area contributed by atoms with Gasteiger partial charge < -0.3 is 4.74 Å². The summed E-state index contributed by atoms with van der Waals surface area (Å²) >= 11 is 0. The Bertz CT molecular complexity index is 983. The van der Waals surface area contributed by atoms with Crippen molar-refractivity contribution < 1.29 is 11.0 Å². The van der Waals surface area contributed by atoms with Crippen LogP contribution in [0.15, 0.2) is 60.7 Å². The second kappa shape index (κ2) is 6.92. The van der Waals surface area contributed by atoms with Gasteiger partial charge in [0.05, 0.1) is 0 Å². The normalized spacial score (nSPS) is 12.4. The Morgan fingerprint density at radius 1 is 0.889 bits per heavy atom. The van der Waals surface area contributed by atoms with Crippen LogP contribution in [0, 0.1) is 20.8 Å². The van der Waals surface area contributed by atoms with Crippen molar-refractivity contribution in [2.75, 3.05) is 11.9 Å². The van der Waals surface area contributed by atoms with Gasteiger partial charge in [0.1, 0.15) is 6.61 Å². The molecule has 0 aliphatic heterocycles. The summed E-state index contributed by atoms with van der Waals surface area (Å²) in [5.74, 6) is 0.0731. The number of carbonyl (C=O) groups is 1. The van der Waals surface area contributed by atoms with Gasteiger partial charge in [0.25, 0.3) is 0 Å². The minimum Gasteiger partial charge on any atom is -0.448 e. The fraction of sp³-hybridized carbons (Fsp3) is 0.208. The molecular weight excluding hydrogens is 334 g/mol. The molecular formula is C24H25NO2. The van der Waals surface area contributed by atoms with Crippen molar-refractivity contribution in [1.29, 1.82) is 0 Å². The van der Waals surface area contributed by atoms with E-state index >= 15 is 0 Å². The van der Waals surface area contributed by atoms with Gasteiger partial charge in [-0.15, -0.1) is 0 Å². The topological polar surface area (TPSA) is 38.3 Å². The number of carbonyl (C=O) groups excluding carboxylic acids is 1. The third-order valence-corrected chi connectivity index (χ3v) is 5.42. The Labute approximate surface area is 161 Å². The first-order valence-electron chi connectivity index (χ1n) is 9.24. The van der Waals surface area contributed by atoms with Crippen molar-refractivity contribution >= 4 is 11.8 Å². The summed E-state index contributed by atoms with van der Waals surface area (Å²) in [6, 6.07) is 20.7. The number of hydrogen-bond acceptors (Lipinski definition) is 2. The molecule has 0 saturated heterocycles. The molecule has 4 rings (SSSR count). The quantitative estimate of drug-likeness (QED) is 0.603. The number of anilines is 1. The molecule has 1 aliphatic rings. The highest BCUT2D eigenvalue weighted by Crippen LogP contribution is 2.44. The minimum atomic E-state index is -0.414. The summed E-state index contributed by atoms with van der Waals surface area (Å²) in [5.41, 5.74) is 9.09. The SMILES string of the molecule is Cc1cc(C)c(NC(=O)OCC2c3ccccc3-c3ccccc32)cc1C.[HH]. The van der Waals surface area contributed by atoms with Crippen molar-refractivity contribution in [2.45, 2.75) is 26.7 Å². The van der Waals surface area contributed by atoms with Gasteiger partial charge in [-0.3, -0.25) is 5.32 Å². The smallest absolute Gasteiger partial charge is 0.411 e. The zero-order valence-corrected chi connectivity index (χ0v) is 15.9. The molecule has 3 heteroatoms. The monoisotopic (exact) mass is 359 g/mol. The fourth-order valence-electron chi connectivity index (χ4n) is 3.84. The van der Waals surface area contributed by atoms with Crippen LogP contribution in [-0.4, -0.2) is 12.7 Å². The Balaban J connectivity index is 0.00000225. The van der Waals surface area contributed by atoms with E-state index in [4.69, 9.17) is 4.74 Å². The molecule has 0 atom stereocenters. The van der Waals surface area contributed by atoms with Gasteiger partial charge in [0, 0.05) is 13.0 Å². The Hall–Kier alpha value is -3.07. The van der Waals surface area contributed by atoms with Crippen LogP contribution in [0.1, 0.15) is 35.2 Å². The van der Waals surface area contributed by atoms with Crippen molar-refractivity contribution in [3.05, 3.63) is 88.5 Å². The first-order chi connectivity index (χ1) is 13.0. The zero-order valence-electron chi connectivity index (χ0n) is 15.9.